The maximum absolute atomic E-state index is 13.6. The SMILES string of the molecule is COCOc1ccc(CCN2Cc3c(cc(OCOC)c4c3O[C@@](C)(CC/C=C(\C)CCC=C(C)C)[C@H](O)C4)C2=O)cc1. The fraction of sp³-hybridized carbons (Fsp3) is 0.514. The molecule has 1 N–H and O–H groups in total. The Labute approximate surface area is 256 Å². The number of rotatable bonds is 15. The van der Waals surface area contributed by atoms with Gasteiger partial charge in [-0.2, -0.15) is 0 Å². The lowest BCUT2D eigenvalue weighted by molar-refractivity contribution is -0.0606. The second kappa shape index (κ2) is 14.9. The highest BCUT2D eigenvalue weighted by Crippen LogP contribution is 2.46. The minimum Gasteiger partial charge on any atom is -0.484 e. The van der Waals surface area contributed by atoms with Crippen molar-refractivity contribution in [3.05, 3.63) is 75.9 Å². The van der Waals surface area contributed by atoms with E-state index in [0.717, 1.165) is 41.7 Å². The summed E-state index contributed by atoms with van der Waals surface area (Å²) in [4.78, 5) is 15.4. The van der Waals surface area contributed by atoms with Gasteiger partial charge in [0.15, 0.2) is 13.6 Å². The molecule has 2 aliphatic rings. The Balaban J connectivity index is 1.50. The highest BCUT2D eigenvalue weighted by atomic mass is 16.7. The lowest BCUT2D eigenvalue weighted by atomic mass is 9.84. The number of amides is 1. The molecule has 0 saturated heterocycles. The van der Waals surface area contributed by atoms with Crippen molar-refractivity contribution >= 4 is 5.91 Å². The van der Waals surface area contributed by atoms with Crippen molar-refractivity contribution in [1.29, 1.82) is 0 Å². The Kier molecular flexibility index (Phi) is 11.3. The first-order valence-electron chi connectivity index (χ1n) is 15.1. The third-order valence-corrected chi connectivity index (χ3v) is 8.24. The van der Waals surface area contributed by atoms with Crippen LogP contribution in [0.5, 0.6) is 17.2 Å². The number of fused-ring (bicyclic) bond motifs is 3. The normalized spacial score (nSPS) is 19.5. The molecule has 0 aromatic heterocycles. The topological polar surface area (TPSA) is 86.7 Å². The summed E-state index contributed by atoms with van der Waals surface area (Å²) in [6, 6.07) is 9.61. The number of carbonyl (C=O) groups excluding carboxylic acids is 1. The number of benzene rings is 2. The maximum Gasteiger partial charge on any atom is 0.254 e. The summed E-state index contributed by atoms with van der Waals surface area (Å²) in [6.07, 6.45) is 8.39. The van der Waals surface area contributed by atoms with Gasteiger partial charge in [-0.3, -0.25) is 4.79 Å². The van der Waals surface area contributed by atoms with Gasteiger partial charge in [-0.1, -0.05) is 35.4 Å². The molecule has 2 atom stereocenters. The molecule has 4 rings (SSSR count). The van der Waals surface area contributed by atoms with Crippen LogP contribution in [0.15, 0.2) is 53.6 Å². The number of hydrogen-bond acceptors (Lipinski definition) is 7. The molecule has 0 unspecified atom stereocenters. The quantitative estimate of drug-likeness (QED) is 0.190. The minimum absolute atomic E-state index is 0.0391. The van der Waals surface area contributed by atoms with E-state index in [-0.39, 0.29) is 19.5 Å². The molecule has 2 aromatic rings. The van der Waals surface area contributed by atoms with Gasteiger partial charge in [-0.05, 0) is 83.6 Å². The van der Waals surface area contributed by atoms with Crippen LogP contribution in [0.2, 0.25) is 0 Å². The van der Waals surface area contributed by atoms with Gasteiger partial charge < -0.3 is 33.7 Å². The number of ether oxygens (including phenoxy) is 5. The van der Waals surface area contributed by atoms with Crippen molar-refractivity contribution in [3.63, 3.8) is 0 Å². The number of aliphatic hydroxyl groups excluding tert-OH is 1. The van der Waals surface area contributed by atoms with Crippen molar-refractivity contribution in [2.24, 2.45) is 0 Å². The summed E-state index contributed by atoms with van der Waals surface area (Å²) in [5, 5.41) is 11.3. The standard InChI is InChI=1S/C35H47NO7/c1-24(2)9-7-10-25(3)11-8-17-35(4)32(37)20-29-31(42-23-40-6)19-28-30(33(29)43-35)21-36(34(28)38)18-16-26-12-14-27(15-13-26)41-22-39-5/h9,11-15,19,32,37H,7-8,10,16-18,20-23H2,1-6H3/b25-11+/t32-,35+/m1/s1. The Morgan fingerprint density at radius 2 is 1.77 bits per heavy atom. The summed E-state index contributed by atoms with van der Waals surface area (Å²) < 4.78 is 28.2. The molecule has 8 nitrogen and oxygen atoms in total. The van der Waals surface area contributed by atoms with Crippen LogP contribution in [0.4, 0.5) is 0 Å². The molecule has 2 heterocycles. The molecule has 8 heteroatoms. The van der Waals surface area contributed by atoms with Crippen LogP contribution in [-0.4, -0.2) is 62.0 Å². The number of aliphatic hydroxyl groups is 1. The lowest BCUT2D eigenvalue weighted by Gasteiger charge is -2.41. The molecule has 1 amide bonds. The van der Waals surface area contributed by atoms with E-state index in [2.05, 4.69) is 32.9 Å². The van der Waals surface area contributed by atoms with Crippen molar-refractivity contribution in [1.82, 2.24) is 4.90 Å². The zero-order valence-corrected chi connectivity index (χ0v) is 26.5. The molecular weight excluding hydrogens is 546 g/mol. The van der Waals surface area contributed by atoms with Gasteiger partial charge in [-0.15, -0.1) is 0 Å². The number of carbonyl (C=O) groups is 1. The average Bonchev–Trinajstić information content (AvgIpc) is 3.30. The van der Waals surface area contributed by atoms with Crippen molar-refractivity contribution in [3.8, 4) is 17.2 Å². The Bertz CT molecular complexity index is 1310. The number of methoxy groups -OCH3 is 2. The fourth-order valence-corrected chi connectivity index (χ4v) is 5.62. The molecule has 2 aliphatic heterocycles. The van der Waals surface area contributed by atoms with Crippen LogP contribution in [0.3, 0.4) is 0 Å². The Morgan fingerprint density at radius 1 is 1.05 bits per heavy atom. The van der Waals surface area contributed by atoms with Crippen LogP contribution < -0.4 is 14.2 Å². The van der Waals surface area contributed by atoms with Gasteiger partial charge in [0.1, 0.15) is 22.8 Å². The van der Waals surface area contributed by atoms with Gasteiger partial charge in [0.2, 0.25) is 0 Å². The number of allylic oxidation sites excluding steroid dienone is 4. The highest BCUT2D eigenvalue weighted by molar-refractivity contribution is 6.00. The van der Waals surface area contributed by atoms with Crippen molar-refractivity contribution < 1.29 is 33.6 Å². The molecular formula is C35H47NO7. The molecule has 0 bridgehead atoms. The first-order valence-corrected chi connectivity index (χ1v) is 15.1. The average molecular weight is 594 g/mol. The molecule has 0 saturated carbocycles. The predicted octanol–water partition coefficient (Wildman–Crippen LogP) is 6.38. The molecule has 234 valence electrons. The van der Waals surface area contributed by atoms with E-state index >= 15 is 0 Å². The van der Waals surface area contributed by atoms with E-state index in [1.165, 1.54) is 11.1 Å². The van der Waals surface area contributed by atoms with E-state index < -0.39 is 11.7 Å². The monoisotopic (exact) mass is 593 g/mol. The first-order chi connectivity index (χ1) is 20.6. The van der Waals surface area contributed by atoms with Crippen LogP contribution in [0.1, 0.15) is 80.4 Å². The second-order valence-electron chi connectivity index (χ2n) is 12.0. The van der Waals surface area contributed by atoms with Gasteiger partial charge in [-0.25, -0.2) is 0 Å². The molecule has 2 aromatic carbocycles. The summed E-state index contributed by atoms with van der Waals surface area (Å²) in [6.45, 7) is 9.61. The zero-order valence-electron chi connectivity index (χ0n) is 26.5. The van der Waals surface area contributed by atoms with E-state index in [1.54, 1.807) is 20.3 Å². The smallest absolute Gasteiger partial charge is 0.254 e. The third-order valence-electron chi connectivity index (χ3n) is 8.24. The van der Waals surface area contributed by atoms with Gasteiger partial charge in [0, 0.05) is 38.3 Å². The maximum atomic E-state index is 13.6. The number of hydrogen-bond donors (Lipinski definition) is 1. The molecule has 0 fully saturated rings. The van der Waals surface area contributed by atoms with Crippen LogP contribution in [0, 0.1) is 0 Å². The molecule has 0 aliphatic carbocycles. The van der Waals surface area contributed by atoms with E-state index in [4.69, 9.17) is 23.7 Å². The molecule has 0 radical (unpaired) electrons. The van der Waals surface area contributed by atoms with Gasteiger partial charge in [0.05, 0.1) is 18.2 Å². The first kappa shape index (κ1) is 32.6. The van der Waals surface area contributed by atoms with Gasteiger partial charge >= 0.3 is 0 Å². The van der Waals surface area contributed by atoms with E-state index in [0.29, 0.717) is 49.4 Å². The van der Waals surface area contributed by atoms with Gasteiger partial charge in [0.25, 0.3) is 5.91 Å². The zero-order chi connectivity index (χ0) is 31.0. The Morgan fingerprint density at radius 3 is 2.47 bits per heavy atom. The van der Waals surface area contributed by atoms with E-state index in [9.17, 15) is 9.90 Å². The van der Waals surface area contributed by atoms with Crippen LogP contribution >= 0.6 is 0 Å². The second-order valence-corrected chi connectivity index (χ2v) is 12.0. The summed E-state index contributed by atoms with van der Waals surface area (Å²) in [7, 11) is 3.14. The third kappa shape index (κ3) is 8.19. The summed E-state index contributed by atoms with van der Waals surface area (Å²) >= 11 is 0. The largest absolute Gasteiger partial charge is 0.484 e. The Hall–Kier alpha value is -3.33. The lowest BCUT2D eigenvalue weighted by Crippen LogP contribution is -2.49. The highest BCUT2D eigenvalue weighted by Gasteiger charge is 2.44. The molecule has 43 heavy (non-hydrogen) atoms. The predicted molar refractivity (Wildman–Crippen MR) is 167 cm³/mol. The number of nitrogens with zero attached hydrogens (tertiary/aromatic N) is 1. The van der Waals surface area contributed by atoms with Crippen molar-refractivity contribution in [2.75, 3.05) is 34.4 Å². The minimum atomic E-state index is -0.791. The fourth-order valence-electron chi connectivity index (χ4n) is 5.62. The van der Waals surface area contributed by atoms with E-state index in [1.807, 2.05) is 36.1 Å². The van der Waals surface area contributed by atoms with Crippen molar-refractivity contribution in [2.45, 2.75) is 84.5 Å². The summed E-state index contributed by atoms with van der Waals surface area (Å²) in [5.74, 6) is 1.87. The summed E-state index contributed by atoms with van der Waals surface area (Å²) in [5.41, 5.74) is 5.22. The van der Waals surface area contributed by atoms with Crippen LogP contribution in [0.25, 0.3) is 0 Å². The van der Waals surface area contributed by atoms with Crippen LogP contribution in [-0.2, 0) is 28.9 Å². The molecule has 0 spiro atoms.